The second-order valence-corrected chi connectivity index (χ2v) is 4.25. The first-order chi connectivity index (χ1) is 7.29. The minimum absolute atomic E-state index is 0.0650. The van der Waals surface area contributed by atoms with Gasteiger partial charge in [-0.3, -0.25) is 9.59 Å². The second-order valence-electron chi connectivity index (χ2n) is 4.25. The first-order valence-electron chi connectivity index (χ1n) is 5.44. The minimum Gasteiger partial charge on any atom is -0.466 e. The summed E-state index contributed by atoms with van der Waals surface area (Å²) < 4.78 is 4.70. The molecular weight excluding hydrogens is 210 g/mol. The van der Waals surface area contributed by atoms with E-state index in [0.717, 1.165) is 0 Å². The fraction of sp³-hybridized carbons (Fsp3) is 0.818. The molecule has 1 amide bonds. The summed E-state index contributed by atoms with van der Waals surface area (Å²) in [6.45, 7) is 7.08. The molecule has 0 aromatic heterocycles. The molecule has 1 atom stereocenters. The summed E-state index contributed by atoms with van der Waals surface area (Å²) in [7, 11) is 0. The molecule has 0 spiro atoms. The smallest absolute Gasteiger partial charge is 0.306 e. The van der Waals surface area contributed by atoms with Crippen molar-refractivity contribution >= 4 is 11.9 Å². The lowest BCUT2D eigenvalue weighted by molar-refractivity contribution is -0.144. The molecule has 0 bridgehead atoms. The van der Waals surface area contributed by atoms with Crippen molar-refractivity contribution in [1.82, 2.24) is 5.32 Å². The van der Waals surface area contributed by atoms with Crippen LogP contribution < -0.4 is 5.32 Å². The zero-order chi connectivity index (χ0) is 12.8. The monoisotopic (exact) mass is 231 g/mol. The van der Waals surface area contributed by atoms with Crippen molar-refractivity contribution in [3.63, 3.8) is 0 Å². The van der Waals surface area contributed by atoms with Crippen LogP contribution >= 0.6 is 0 Å². The van der Waals surface area contributed by atoms with E-state index in [9.17, 15) is 14.7 Å². The van der Waals surface area contributed by atoms with Gasteiger partial charge in [0, 0.05) is 6.42 Å². The van der Waals surface area contributed by atoms with Crippen molar-refractivity contribution in [3.05, 3.63) is 0 Å². The van der Waals surface area contributed by atoms with Crippen LogP contribution in [0.4, 0.5) is 0 Å². The molecule has 0 heterocycles. The topological polar surface area (TPSA) is 75.6 Å². The third-order valence-electron chi connectivity index (χ3n) is 2.37. The number of rotatable bonds is 6. The highest BCUT2D eigenvalue weighted by molar-refractivity contribution is 5.81. The highest BCUT2D eigenvalue weighted by Crippen LogP contribution is 2.08. The molecule has 0 fully saturated rings. The Morgan fingerprint density at radius 1 is 1.38 bits per heavy atom. The molecule has 0 rings (SSSR count). The van der Waals surface area contributed by atoms with Crippen LogP contribution in [-0.2, 0) is 14.3 Å². The first kappa shape index (κ1) is 14.9. The van der Waals surface area contributed by atoms with E-state index >= 15 is 0 Å². The standard InChI is InChI=1S/C11H21NO4/c1-5-16-10(15)7-6-9(14)12-11(3,4)8(2)13/h8,13H,5-7H2,1-4H3,(H,12,14). The summed E-state index contributed by atoms with van der Waals surface area (Å²) in [6.07, 6.45) is -0.510. The zero-order valence-corrected chi connectivity index (χ0v) is 10.4. The number of esters is 1. The van der Waals surface area contributed by atoms with E-state index < -0.39 is 11.6 Å². The molecule has 0 radical (unpaired) electrons. The number of amides is 1. The number of hydrogen-bond donors (Lipinski definition) is 2. The normalized spacial score (nSPS) is 13.1. The molecule has 0 aliphatic rings. The van der Waals surface area contributed by atoms with E-state index in [-0.39, 0.29) is 24.7 Å². The second kappa shape index (κ2) is 6.48. The molecule has 2 N–H and O–H groups in total. The van der Waals surface area contributed by atoms with E-state index in [2.05, 4.69) is 5.32 Å². The van der Waals surface area contributed by atoms with Crippen molar-refractivity contribution in [2.24, 2.45) is 0 Å². The molecule has 0 aliphatic carbocycles. The Kier molecular flexibility index (Phi) is 6.03. The quantitative estimate of drug-likeness (QED) is 0.657. The minimum atomic E-state index is -0.689. The van der Waals surface area contributed by atoms with Gasteiger partial charge in [0.05, 0.1) is 24.7 Å². The van der Waals surface area contributed by atoms with Gasteiger partial charge >= 0.3 is 5.97 Å². The molecule has 0 saturated carbocycles. The van der Waals surface area contributed by atoms with E-state index in [1.165, 1.54) is 0 Å². The molecule has 5 nitrogen and oxygen atoms in total. The number of carbonyl (C=O) groups excluding carboxylic acids is 2. The Hall–Kier alpha value is -1.10. The Balaban J connectivity index is 3.96. The Morgan fingerprint density at radius 2 is 1.94 bits per heavy atom. The number of aliphatic hydroxyl groups excluding tert-OH is 1. The van der Waals surface area contributed by atoms with Gasteiger partial charge in [-0.1, -0.05) is 0 Å². The zero-order valence-electron chi connectivity index (χ0n) is 10.4. The molecule has 0 aromatic rings. The van der Waals surface area contributed by atoms with Crippen molar-refractivity contribution < 1.29 is 19.4 Å². The lowest BCUT2D eigenvalue weighted by atomic mass is 9.98. The number of carbonyl (C=O) groups is 2. The molecule has 0 saturated heterocycles. The predicted octanol–water partition coefficient (Wildman–Crippen LogP) is 0.605. The van der Waals surface area contributed by atoms with Gasteiger partial charge in [0.1, 0.15) is 0 Å². The summed E-state index contributed by atoms with van der Waals surface area (Å²) in [6, 6.07) is 0. The molecule has 1 unspecified atom stereocenters. The third-order valence-corrected chi connectivity index (χ3v) is 2.37. The highest BCUT2D eigenvalue weighted by atomic mass is 16.5. The van der Waals surface area contributed by atoms with Crippen LogP contribution in [0.3, 0.4) is 0 Å². The average molecular weight is 231 g/mol. The van der Waals surface area contributed by atoms with Gasteiger partial charge in [-0.15, -0.1) is 0 Å². The van der Waals surface area contributed by atoms with Crippen LogP contribution in [0.2, 0.25) is 0 Å². The van der Waals surface area contributed by atoms with Crippen molar-refractivity contribution in [2.45, 2.75) is 52.2 Å². The van der Waals surface area contributed by atoms with Gasteiger partial charge in [0.2, 0.25) is 5.91 Å². The van der Waals surface area contributed by atoms with Crippen molar-refractivity contribution in [3.8, 4) is 0 Å². The van der Waals surface area contributed by atoms with Gasteiger partial charge in [0.15, 0.2) is 0 Å². The number of ether oxygens (including phenoxy) is 1. The lowest BCUT2D eigenvalue weighted by Crippen LogP contribution is -2.51. The van der Waals surface area contributed by atoms with Crippen LogP contribution in [0.5, 0.6) is 0 Å². The summed E-state index contributed by atoms with van der Waals surface area (Å²) in [4.78, 5) is 22.4. The Morgan fingerprint density at radius 3 is 2.38 bits per heavy atom. The van der Waals surface area contributed by atoms with Crippen LogP contribution in [0.15, 0.2) is 0 Å². The van der Waals surface area contributed by atoms with Crippen LogP contribution in [0.25, 0.3) is 0 Å². The molecule has 5 heteroatoms. The summed E-state index contributed by atoms with van der Waals surface area (Å²) in [5.41, 5.74) is -0.689. The molecular formula is C11H21NO4. The maximum absolute atomic E-state index is 11.4. The summed E-state index contributed by atoms with van der Waals surface area (Å²) in [5, 5.41) is 12.0. The number of aliphatic hydroxyl groups is 1. The number of hydrogen-bond acceptors (Lipinski definition) is 4. The summed E-state index contributed by atoms with van der Waals surface area (Å²) in [5.74, 6) is -0.647. The fourth-order valence-electron chi connectivity index (χ4n) is 0.975. The van der Waals surface area contributed by atoms with Crippen LogP contribution in [-0.4, -0.2) is 35.2 Å². The molecule has 16 heavy (non-hydrogen) atoms. The lowest BCUT2D eigenvalue weighted by Gasteiger charge is -2.29. The van der Waals surface area contributed by atoms with Gasteiger partial charge < -0.3 is 15.2 Å². The summed E-state index contributed by atoms with van der Waals surface area (Å²) >= 11 is 0. The van der Waals surface area contributed by atoms with Gasteiger partial charge in [-0.05, 0) is 27.7 Å². The molecule has 0 aromatic carbocycles. The SMILES string of the molecule is CCOC(=O)CCC(=O)NC(C)(C)C(C)O. The Bertz CT molecular complexity index is 248. The average Bonchev–Trinajstić information content (AvgIpc) is 2.14. The predicted molar refractivity (Wildman–Crippen MR) is 59.8 cm³/mol. The number of nitrogens with one attached hydrogen (secondary N) is 1. The van der Waals surface area contributed by atoms with E-state index in [1.807, 2.05) is 0 Å². The highest BCUT2D eigenvalue weighted by Gasteiger charge is 2.25. The van der Waals surface area contributed by atoms with E-state index in [1.54, 1.807) is 27.7 Å². The molecule has 94 valence electrons. The van der Waals surface area contributed by atoms with Crippen LogP contribution in [0.1, 0.15) is 40.5 Å². The van der Waals surface area contributed by atoms with E-state index in [0.29, 0.717) is 6.61 Å². The first-order valence-corrected chi connectivity index (χ1v) is 5.44. The molecule has 0 aliphatic heterocycles. The van der Waals surface area contributed by atoms with E-state index in [4.69, 9.17) is 4.74 Å². The van der Waals surface area contributed by atoms with Gasteiger partial charge in [-0.25, -0.2) is 0 Å². The van der Waals surface area contributed by atoms with Gasteiger partial charge in [-0.2, -0.15) is 0 Å². The largest absolute Gasteiger partial charge is 0.466 e. The van der Waals surface area contributed by atoms with Crippen molar-refractivity contribution in [1.29, 1.82) is 0 Å². The fourth-order valence-corrected chi connectivity index (χ4v) is 0.975. The van der Waals surface area contributed by atoms with Crippen LogP contribution in [0, 0.1) is 0 Å². The maximum atomic E-state index is 11.4. The Labute approximate surface area is 96.2 Å². The van der Waals surface area contributed by atoms with Crippen molar-refractivity contribution in [2.75, 3.05) is 6.61 Å². The maximum Gasteiger partial charge on any atom is 0.306 e. The van der Waals surface area contributed by atoms with Gasteiger partial charge in [0.25, 0.3) is 0 Å². The third kappa shape index (κ3) is 5.70.